The second-order valence-electron chi connectivity index (χ2n) is 4.33. The molecule has 0 fully saturated rings. The monoisotopic (exact) mass is 354 g/mol. The zero-order valence-electron chi connectivity index (χ0n) is 10.8. The summed E-state index contributed by atoms with van der Waals surface area (Å²) in [6, 6.07) is 11.5. The highest BCUT2D eigenvalue weighted by Crippen LogP contribution is 2.32. The molecule has 0 saturated carbocycles. The standard InChI is InChI=1S/C15H12BrFO4/c16-11-6-10(13(18)15(19)20)7-12(17)14(11)21-8-9-4-2-1-3-5-9/h1-7,13,18H,8H2,(H,19,20). The fraction of sp³-hybridized carbons (Fsp3) is 0.133. The molecule has 2 aromatic carbocycles. The lowest BCUT2D eigenvalue weighted by molar-refractivity contribution is -0.146. The van der Waals surface area contributed by atoms with Gasteiger partial charge in [0.2, 0.25) is 0 Å². The molecular weight excluding hydrogens is 343 g/mol. The first-order valence-electron chi connectivity index (χ1n) is 6.05. The normalized spacial score (nSPS) is 12.0. The molecule has 0 radical (unpaired) electrons. The Morgan fingerprint density at radius 1 is 1.29 bits per heavy atom. The van der Waals surface area contributed by atoms with Crippen molar-refractivity contribution in [2.45, 2.75) is 12.7 Å². The van der Waals surface area contributed by atoms with E-state index in [4.69, 9.17) is 9.84 Å². The van der Waals surface area contributed by atoms with Gasteiger partial charge in [0, 0.05) is 0 Å². The average molecular weight is 355 g/mol. The molecule has 0 heterocycles. The number of benzene rings is 2. The zero-order chi connectivity index (χ0) is 15.4. The maximum atomic E-state index is 14.0. The Labute approximate surface area is 128 Å². The van der Waals surface area contributed by atoms with Crippen molar-refractivity contribution >= 4 is 21.9 Å². The van der Waals surface area contributed by atoms with E-state index in [0.717, 1.165) is 11.6 Å². The number of ether oxygens (including phenoxy) is 1. The van der Waals surface area contributed by atoms with Crippen LogP contribution >= 0.6 is 15.9 Å². The summed E-state index contributed by atoms with van der Waals surface area (Å²) in [5.74, 6) is -2.21. The zero-order valence-corrected chi connectivity index (χ0v) is 12.4. The van der Waals surface area contributed by atoms with E-state index in [-0.39, 0.29) is 22.4 Å². The highest BCUT2D eigenvalue weighted by atomic mass is 79.9. The van der Waals surface area contributed by atoms with Gasteiger partial charge in [-0.3, -0.25) is 0 Å². The fourth-order valence-electron chi connectivity index (χ4n) is 1.75. The van der Waals surface area contributed by atoms with E-state index < -0.39 is 17.9 Å². The third-order valence-electron chi connectivity index (χ3n) is 2.80. The summed E-state index contributed by atoms with van der Waals surface area (Å²) in [4.78, 5) is 10.7. The van der Waals surface area contributed by atoms with Gasteiger partial charge in [-0.2, -0.15) is 0 Å². The lowest BCUT2D eigenvalue weighted by Gasteiger charge is -2.12. The van der Waals surface area contributed by atoms with Crippen molar-refractivity contribution in [1.29, 1.82) is 0 Å². The summed E-state index contributed by atoms with van der Waals surface area (Å²) < 4.78 is 19.6. The van der Waals surface area contributed by atoms with Crippen LogP contribution in [0.2, 0.25) is 0 Å². The van der Waals surface area contributed by atoms with Crippen LogP contribution in [-0.2, 0) is 11.4 Å². The molecule has 4 nitrogen and oxygen atoms in total. The molecular formula is C15H12BrFO4. The van der Waals surface area contributed by atoms with Crippen molar-refractivity contribution in [1.82, 2.24) is 0 Å². The molecule has 110 valence electrons. The molecule has 0 bridgehead atoms. The molecule has 2 aromatic rings. The second-order valence-corrected chi connectivity index (χ2v) is 5.18. The Bertz CT molecular complexity index is 622. The van der Waals surface area contributed by atoms with Gasteiger partial charge in [-0.1, -0.05) is 30.3 Å². The Morgan fingerprint density at radius 3 is 2.52 bits per heavy atom. The van der Waals surface area contributed by atoms with E-state index in [1.54, 1.807) is 0 Å². The first-order chi connectivity index (χ1) is 9.99. The summed E-state index contributed by atoms with van der Waals surface area (Å²) in [5.41, 5.74) is 0.817. The number of carboxylic acids is 1. The first-order valence-corrected chi connectivity index (χ1v) is 6.85. The predicted molar refractivity (Wildman–Crippen MR) is 77.5 cm³/mol. The minimum absolute atomic E-state index is 0.0276. The number of carboxylic acid groups (broad SMARTS) is 1. The van der Waals surface area contributed by atoms with Gasteiger partial charge in [0.15, 0.2) is 17.7 Å². The van der Waals surface area contributed by atoms with Crippen LogP contribution in [0.15, 0.2) is 46.9 Å². The highest BCUT2D eigenvalue weighted by molar-refractivity contribution is 9.10. The molecule has 0 amide bonds. The SMILES string of the molecule is O=C(O)C(O)c1cc(F)c(OCc2ccccc2)c(Br)c1. The summed E-state index contributed by atoms with van der Waals surface area (Å²) in [5, 5.41) is 18.1. The second kappa shape index (κ2) is 6.69. The Hall–Kier alpha value is -1.92. The Kier molecular flexibility index (Phi) is 4.93. The first kappa shape index (κ1) is 15.5. The average Bonchev–Trinajstić information content (AvgIpc) is 2.46. The van der Waals surface area contributed by atoms with Gasteiger partial charge in [0.25, 0.3) is 0 Å². The van der Waals surface area contributed by atoms with E-state index in [1.165, 1.54) is 6.07 Å². The minimum atomic E-state index is -1.78. The van der Waals surface area contributed by atoms with Crippen LogP contribution < -0.4 is 4.74 Å². The Morgan fingerprint density at radius 2 is 1.95 bits per heavy atom. The number of hydrogen-bond donors (Lipinski definition) is 2. The van der Waals surface area contributed by atoms with Crippen molar-refractivity contribution in [3.8, 4) is 5.75 Å². The van der Waals surface area contributed by atoms with Crippen molar-refractivity contribution in [2.24, 2.45) is 0 Å². The van der Waals surface area contributed by atoms with Crippen LogP contribution in [0.4, 0.5) is 4.39 Å². The van der Waals surface area contributed by atoms with Crippen LogP contribution in [0.5, 0.6) is 5.75 Å². The maximum Gasteiger partial charge on any atom is 0.337 e. The van der Waals surface area contributed by atoms with E-state index in [1.807, 2.05) is 30.3 Å². The van der Waals surface area contributed by atoms with Gasteiger partial charge >= 0.3 is 5.97 Å². The van der Waals surface area contributed by atoms with E-state index >= 15 is 0 Å². The van der Waals surface area contributed by atoms with Crippen LogP contribution in [-0.4, -0.2) is 16.2 Å². The number of aliphatic hydroxyl groups is 1. The lowest BCUT2D eigenvalue weighted by Crippen LogP contribution is -2.11. The quantitative estimate of drug-likeness (QED) is 0.864. The van der Waals surface area contributed by atoms with Crippen LogP contribution in [0.1, 0.15) is 17.2 Å². The van der Waals surface area contributed by atoms with Crippen LogP contribution in [0.3, 0.4) is 0 Å². The number of rotatable bonds is 5. The summed E-state index contributed by atoms with van der Waals surface area (Å²) in [6.45, 7) is 0.178. The largest absolute Gasteiger partial charge is 0.485 e. The minimum Gasteiger partial charge on any atom is -0.485 e. The number of carbonyl (C=O) groups is 1. The molecule has 0 aliphatic heterocycles. The molecule has 21 heavy (non-hydrogen) atoms. The number of halogens is 2. The molecule has 0 saturated heterocycles. The van der Waals surface area contributed by atoms with Crippen molar-refractivity contribution in [3.63, 3.8) is 0 Å². The van der Waals surface area contributed by atoms with Crippen molar-refractivity contribution < 1.29 is 24.1 Å². The van der Waals surface area contributed by atoms with Crippen molar-refractivity contribution in [2.75, 3.05) is 0 Å². The summed E-state index contributed by atoms with van der Waals surface area (Å²) in [7, 11) is 0. The highest BCUT2D eigenvalue weighted by Gasteiger charge is 2.20. The summed E-state index contributed by atoms with van der Waals surface area (Å²) in [6.07, 6.45) is -1.78. The smallest absolute Gasteiger partial charge is 0.337 e. The molecule has 0 aliphatic rings. The number of hydrogen-bond acceptors (Lipinski definition) is 3. The Balaban J connectivity index is 2.19. The molecule has 0 spiro atoms. The molecule has 0 aromatic heterocycles. The topological polar surface area (TPSA) is 66.8 Å². The van der Waals surface area contributed by atoms with E-state index in [2.05, 4.69) is 15.9 Å². The molecule has 2 N–H and O–H groups in total. The van der Waals surface area contributed by atoms with Gasteiger partial charge in [-0.05, 0) is 39.2 Å². The summed E-state index contributed by atoms with van der Waals surface area (Å²) >= 11 is 3.12. The van der Waals surface area contributed by atoms with Gasteiger partial charge < -0.3 is 14.9 Å². The van der Waals surface area contributed by atoms with Gasteiger partial charge in [-0.25, -0.2) is 9.18 Å². The van der Waals surface area contributed by atoms with Crippen molar-refractivity contribution in [3.05, 3.63) is 63.9 Å². The van der Waals surface area contributed by atoms with Gasteiger partial charge in [-0.15, -0.1) is 0 Å². The predicted octanol–water partition coefficient (Wildman–Crippen LogP) is 3.29. The van der Waals surface area contributed by atoms with E-state index in [0.29, 0.717) is 0 Å². The molecule has 1 unspecified atom stereocenters. The fourth-order valence-corrected chi connectivity index (χ4v) is 2.32. The van der Waals surface area contributed by atoms with Crippen LogP contribution in [0, 0.1) is 5.82 Å². The number of aliphatic carboxylic acids is 1. The molecule has 1 atom stereocenters. The third kappa shape index (κ3) is 3.80. The third-order valence-corrected chi connectivity index (χ3v) is 3.39. The molecule has 0 aliphatic carbocycles. The molecule has 6 heteroatoms. The van der Waals surface area contributed by atoms with Gasteiger partial charge in [0.1, 0.15) is 6.61 Å². The van der Waals surface area contributed by atoms with E-state index in [9.17, 15) is 14.3 Å². The number of aliphatic hydroxyl groups excluding tert-OH is 1. The molecule has 2 rings (SSSR count). The lowest BCUT2D eigenvalue weighted by atomic mass is 10.1. The maximum absolute atomic E-state index is 14.0. The van der Waals surface area contributed by atoms with Crippen LogP contribution in [0.25, 0.3) is 0 Å². The van der Waals surface area contributed by atoms with Gasteiger partial charge in [0.05, 0.1) is 4.47 Å².